The summed E-state index contributed by atoms with van der Waals surface area (Å²) in [5.74, 6) is 1.24. The van der Waals surface area contributed by atoms with Crippen LogP contribution >= 0.6 is 0 Å². The van der Waals surface area contributed by atoms with E-state index in [-0.39, 0.29) is 5.91 Å². The molecule has 1 aromatic carbocycles. The monoisotopic (exact) mass is 345 g/mol. The Morgan fingerprint density at radius 1 is 1.04 bits per heavy atom. The molecule has 26 heavy (non-hydrogen) atoms. The maximum atomic E-state index is 13.1. The van der Waals surface area contributed by atoms with Gasteiger partial charge in [-0.25, -0.2) is 15.0 Å². The normalized spacial score (nSPS) is 15.2. The molecule has 4 rings (SSSR count). The van der Waals surface area contributed by atoms with E-state index in [1.54, 1.807) is 23.5 Å². The predicted octanol–water partition coefficient (Wildman–Crippen LogP) is 3.51. The largest absolute Gasteiger partial charge is 0.273 e. The van der Waals surface area contributed by atoms with Crippen molar-refractivity contribution in [2.45, 2.75) is 33.1 Å². The molecule has 6 heteroatoms. The second kappa shape index (κ2) is 5.69. The number of hydrogen-bond acceptors (Lipinski definition) is 5. The summed E-state index contributed by atoms with van der Waals surface area (Å²) < 4.78 is 0. The third-order valence-electron chi connectivity index (χ3n) is 4.69. The average molecular weight is 345 g/mol. The zero-order valence-electron chi connectivity index (χ0n) is 15.2. The minimum atomic E-state index is -0.624. The first kappa shape index (κ1) is 16.3. The Kier molecular flexibility index (Phi) is 3.57. The van der Waals surface area contributed by atoms with Crippen LogP contribution in [-0.2, 0) is 10.2 Å². The first-order valence-electron chi connectivity index (χ1n) is 8.45. The van der Waals surface area contributed by atoms with Crippen LogP contribution in [0.2, 0.25) is 0 Å². The summed E-state index contributed by atoms with van der Waals surface area (Å²) in [4.78, 5) is 32.1. The number of hydrogen-bond donors (Lipinski definition) is 0. The zero-order chi connectivity index (χ0) is 18.5. The Hall–Kier alpha value is -3.15. The number of carbonyl (C=O) groups excluding carboxylic acids is 1. The van der Waals surface area contributed by atoms with Crippen LogP contribution in [0.15, 0.2) is 42.9 Å². The van der Waals surface area contributed by atoms with Gasteiger partial charge in [0.05, 0.1) is 28.7 Å². The summed E-state index contributed by atoms with van der Waals surface area (Å²) in [6.07, 6.45) is 5.04. The highest BCUT2D eigenvalue weighted by Gasteiger charge is 2.45. The predicted molar refractivity (Wildman–Crippen MR) is 99.1 cm³/mol. The summed E-state index contributed by atoms with van der Waals surface area (Å²) in [6, 6.07) is 7.87. The number of rotatable bonds is 2. The third kappa shape index (κ3) is 2.45. The van der Waals surface area contributed by atoms with Gasteiger partial charge in [-0.2, -0.15) is 0 Å². The lowest BCUT2D eigenvalue weighted by Gasteiger charge is -2.19. The number of fused-ring (bicyclic) bond motifs is 1. The van der Waals surface area contributed by atoms with Crippen molar-refractivity contribution >= 4 is 17.4 Å². The van der Waals surface area contributed by atoms with E-state index in [0.29, 0.717) is 11.6 Å². The summed E-state index contributed by atoms with van der Waals surface area (Å²) in [5, 5.41) is 0. The summed E-state index contributed by atoms with van der Waals surface area (Å²) in [7, 11) is 0. The van der Waals surface area contributed by atoms with Gasteiger partial charge in [0.25, 0.3) is 0 Å². The molecule has 6 nitrogen and oxygen atoms in total. The van der Waals surface area contributed by atoms with E-state index in [1.807, 2.05) is 52.0 Å². The number of benzene rings is 1. The molecule has 0 atom stereocenters. The lowest BCUT2D eigenvalue weighted by atomic mass is 9.85. The Morgan fingerprint density at radius 2 is 1.85 bits per heavy atom. The molecule has 3 aromatic rings. The van der Waals surface area contributed by atoms with Gasteiger partial charge in [0, 0.05) is 18.0 Å². The Labute approximate surface area is 152 Å². The van der Waals surface area contributed by atoms with E-state index in [9.17, 15) is 4.79 Å². The molecule has 0 unspecified atom stereocenters. The molecule has 1 aliphatic heterocycles. The van der Waals surface area contributed by atoms with Crippen molar-refractivity contribution in [1.82, 2.24) is 19.9 Å². The van der Waals surface area contributed by atoms with Gasteiger partial charge in [-0.3, -0.25) is 14.7 Å². The van der Waals surface area contributed by atoms with E-state index < -0.39 is 5.41 Å². The summed E-state index contributed by atoms with van der Waals surface area (Å²) in [5.41, 5.74) is 3.71. The van der Waals surface area contributed by atoms with Gasteiger partial charge in [0.1, 0.15) is 5.82 Å². The fraction of sp³-hybridized carbons (Fsp3) is 0.250. The Balaban J connectivity index is 1.90. The third-order valence-corrected chi connectivity index (χ3v) is 4.69. The van der Waals surface area contributed by atoms with Crippen LogP contribution in [0.4, 0.5) is 11.5 Å². The molecule has 3 heterocycles. The molecule has 2 aromatic heterocycles. The van der Waals surface area contributed by atoms with Crippen LogP contribution in [0.1, 0.15) is 30.9 Å². The summed E-state index contributed by atoms with van der Waals surface area (Å²) >= 11 is 0. The van der Waals surface area contributed by atoms with E-state index in [1.165, 1.54) is 0 Å². The molecule has 0 aliphatic carbocycles. The standard InChI is InChI=1S/C20H19N5O/c1-12-10-21-11-18(23-12)25-17-9-14(16-7-8-22-13(2)24-16)5-6-15(17)20(3,4)19(25)26/h5-11H,1-4H3. The van der Waals surface area contributed by atoms with E-state index in [4.69, 9.17) is 0 Å². The molecule has 0 fully saturated rings. The lowest BCUT2D eigenvalue weighted by molar-refractivity contribution is -0.121. The Morgan fingerprint density at radius 3 is 2.58 bits per heavy atom. The molecule has 1 aliphatic rings. The minimum absolute atomic E-state index is 0.0107. The van der Waals surface area contributed by atoms with E-state index in [0.717, 1.165) is 28.2 Å². The number of anilines is 2. The van der Waals surface area contributed by atoms with Crippen molar-refractivity contribution in [3.63, 3.8) is 0 Å². The van der Waals surface area contributed by atoms with Gasteiger partial charge in [-0.1, -0.05) is 12.1 Å². The van der Waals surface area contributed by atoms with Crippen LogP contribution in [-0.4, -0.2) is 25.8 Å². The van der Waals surface area contributed by atoms with Crippen LogP contribution in [0, 0.1) is 13.8 Å². The van der Waals surface area contributed by atoms with Gasteiger partial charge in [-0.15, -0.1) is 0 Å². The van der Waals surface area contributed by atoms with Crippen molar-refractivity contribution in [1.29, 1.82) is 0 Å². The SMILES string of the molecule is Cc1cncc(N2C(=O)C(C)(C)c3ccc(-c4ccnc(C)n4)cc32)n1. The van der Waals surface area contributed by atoms with Gasteiger partial charge in [-0.05, 0) is 45.4 Å². The number of nitrogens with zero attached hydrogens (tertiary/aromatic N) is 5. The molecule has 0 radical (unpaired) electrons. The van der Waals surface area contributed by atoms with Crippen LogP contribution in [0.3, 0.4) is 0 Å². The van der Waals surface area contributed by atoms with Gasteiger partial charge in [0.15, 0.2) is 5.82 Å². The fourth-order valence-electron chi connectivity index (χ4n) is 3.31. The topological polar surface area (TPSA) is 71.9 Å². The molecular weight excluding hydrogens is 326 g/mol. The molecule has 0 saturated carbocycles. The summed E-state index contributed by atoms with van der Waals surface area (Å²) in [6.45, 7) is 7.60. The number of aromatic nitrogens is 4. The van der Waals surface area contributed by atoms with Gasteiger partial charge in [0.2, 0.25) is 5.91 Å². The lowest BCUT2D eigenvalue weighted by Crippen LogP contribution is -2.33. The van der Waals surface area contributed by atoms with Crippen molar-refractivity contribution in [3.05, 3.63) is 59.9 Å². The molecule has 0 bridgehead atoms. The van der Waals surface area contributed by atoms with Crippen molar-refractivity contribution in [2.24, 2.45) is 0 Å². The molecule has 1 amide bonds. The molecular formula is C20H19N5O. The highest BCUT2D eigenvalue weighted by atomic mass is 16.2. The molecule has 130 valence electrons. The highest BCUT2D eigenvalue weighted by Crippen LogP contribution is 2.46. The minimum Gasteiger partial charge on any atom is -0.273 e. The van der Waals surface area contributed by atoms with E-state index in [2.05, 4.69) is 19.9 Å². The smallest absolute Gasteiger partial charge is 0.242 e. The molecule has 0 saturated heterocycles. The molecule has 0 spiro atoms. The average Bonchev–Trinajstić information content (AvgIpc) is 2.81. The van der Waals surface area contributed by atoms with Crippen LogP contribution < -0.4 is 4.90 Å². The molecule has 0 N–H and O–H groups in total. The second-order valence-electron chi connectivity index (χ2n) is 7.01. The maximum Gasteiger partial charge on any atom is 0.242 e. The zero-order valence-corrected chi connectivity index (χ0v) is 15.2. The quantitative estimate of drug-likeness (QED) is 0.711. The number of aryl methyl sites for hydroxylation is 2. The van der Waals surface area contributed by atoms with Crippen molar-refractivity contribution in [2.75, 3.05) is 4.90 Å². The maximum absolute atomic E-state index is 13.1. The van der Waals surface area contributed by atoms with Crippen LogP contribution in [0.25, 0.3) is 11.3 Å². The fourth-order valence-corrected chi connectivity index (χ4v) is 3.31. The van der Waals surface area contributed by atoms with Crippen molar-refractivity contribution < 1.29 is 4.79 Å². The first-order chi connectivity index (χ1) is 12.4. The van der Waals surface area contributed by atoms with Gasteiger partial charge >= 0.3 is 0 Å². The second-order valence-corrected chi connectivity index (χ2v) is 7.01. The van der Waals surface area contributed by atoms with Crippen molar-refractivity contribution in [3.8, 4) is 11.3 Å². The number of carbonyl (C=O) groups is 1. The van der Waals surface area contributed by atoms with Gasteiger partial charge < -0.3 is 0 Å². The highest BCUT2D eigenvalue weighted by molar-refractivity contribution is 6.12. The Bertz CT molecular complexity index is 1030. The first-order valence-corrected chi connectivity index (χ1v) is 8.45. The van der Waals surface area contributed by atoms with Crippen LogP contribution in [0.5, 0.6) is 0 Å². The van der Waals surface area contributed by atoms with E-state index >= 15 is 0 Å². The number of amides is 1.